The van der Waals surface area contributed by atoms with Crippen molar-refractivity contribution in [2.24, 2.45) is 0 Å². The molecule has 0 atom stereocenters. The van der Waals surface area contributed by atoms with Crippen LogP contribution in [0.1, 0.15) is 21.6 Å². The topological polar surface area (TPSA) is 73.2 Å². The minimum absolute atomic E-state index is 0.176. The quantitative estimate of drug-likeness (QED) is 0.730. The number of nitrogens with one attached hydrogen (secondary N) is 1. The van der Waals surface area contributed by atoms with E-state index in [-0.39, 0.29) is 30.3 Å². The lowest BCUT2D eigenvalue weighted by Crippen LogP contribution is -2.28. The zero-order valence-electron chi connectivity index (χ0n) is 15.3. The van der Waals surface area contributed by atoms with Crippen LogP contribution in [-0.2, 0) is 6.54 Å². The number of rotatable bonds is 6. The molecule has 1 N–H and O–H groups in total. The number of benzene rings is 2. The Balaban J connectivity index is 1.69. The third-order valence-electron chi connectivity index (χ3n) is 4.06. The molecule has 0 fully saturated rings. The van der Waals surface area contributed by atoms with E-state index in [4.69, 9.17) is 4.74 Å². The van der Waals surface area contributed by atoms with Gasteiger partial charge in [-0.25, -0.2) is 4.68 Å². The van der Waals surface area contributed by atoms with Gasteiger partial charge < -0.3 is 10.1 Å². The third-order valence-corrected chi connectivity index (χ3v) is 4.06. The van der Waals surface area contributed by atoms with E-state index in [0.717, 1.165) is 22.6 Å². The predicted molar refractivity (Wildman–Crippen MR) is 104 cm³/mol. The first-order valence-corrected chi connectivity index (χ1v) is 8.67. The number of ether oxygens (including phenoxy) is 1. The summed E-state index contributed by atoms with van der Waals surface area (Å²) in [5.74, 6) is 0.357. The summed E-state index contributed by atoms with van der Waals surface area (Å²) >= 11 is 0. The van der Waals surface area contributed by atoms with E-state index in [1.54, 1.807) is 0 Å². The maximum Gasteiger partial charge on any atom is 0.276 e. The highest BCUT2D eigenvalue weighted by molar-refractivity contribution is 6.03. The Labute approximate surface area is 157 Å². The molecule has 0 aliphatic heterocycles. The number of nitrogens with zero attached hydrogens (tertiary/aromatic N) is 2. The smallest absolute Gasteiger partial charge is 0.276 e. The molecular weight excluding hydrogens is 342 g/mol. The first-order valence-electron chi connectivity index (χ1n) is 8.67. The monoisotopic (exact) mass is 363 g/mol. The van der Waals surface area contributed by atoms with Crippen LogP contribution in [0.3, 0.4) is 0 Å². The number of hydrogen-bond acceptors (Lipinski definition) is 4. The van der Waals surface area contributed by atoms with E-state index in [1.807, 2.05) is 62.4 Å². The molecule has 0 bridgehead atoms. The summed E-state index contributed by atoms with van der Waals surface area (Å²) < 4.78 is 6.83. The van der Waals surface area contributed by atoms with Crippen molar-refractivity contribution in [2.75, 3.05) is 11.9 Å². The Morgan fingerprint density at radius 2 is 1.85 bits per heavy atom. The number of hydrogen-bond donors (Lipinski definition) is 1. The van der Waals surface area contributed by atoms with Crippen molar-refractivity contribution in [3.05, 3.63) is 87.8 Å². The van der Waals surface area contributed by atoms with Gasteiger partial charge in [-0.1, -0.05) is 30.3 Å². The maximum absolute atomic E-state index is 12.5. The van der Waals surface area contributed by atoms with E-state index in [1.165, 1.54) is 16.8 Å². The number of amides is 1. The van der Waals surface area contributed by atoms with Crippen LogP contribution in [0.25, 0.3) is 0 Å². The number of aromatic nitrogens is 2. The zero-order chi connectivity index (χ0) is 19.2. The van der Waals surface area contributed by atoms with Crippen LogP contribution in [0.15, 0.2) is 65.5 Å². The van der Waals surface area contributed by atoms with Crippen molar-refractivity contribution >= 4 is 11.6 Å². The van der Waals surface area contributed by atoms with Gasteiger partial charge in [0.25, 0.3) is 11.5 Å². The first kappa shape index (κ1) is 18.4. The summed E-state index contributed by atoms with van der Waals surface area (Å²) in [5.41, 5.74) is 2.63. The fraction of sp³-hybridized carbons (Fsp3) is 0.190. The molecule has 1 heterocycles. The summed E-state index contributed by atoms with van der Waals surface area (Å²) in [6.45, 7) is 4.40. The number of anilines is 1. The van der Waals surface area contributed by atoms with Crippen molar-refractivity contribution < 1.29 is 9.53 Å². The van der Waals surface area contributed by atoms with Gasteiger partial charge in [-0.2, -0.15) is 5.10 Å². The second-order valence-electron chi connectivity index (χ2n) is 6.21. The van der Waals surface area contributed by atoms with Gasteiger partial charge in [-0.05, 0) is 49.2 Å². The standard InChI is InChI=1S/C21H21N3O3/c1-15-8-9-16(2)19(14-15)22-21(26)18-10-11-20(25)24(23-18)12-13-27-17-6-4-3-5-7-17/h3-11,14H,12-13H2,1-2H3,(H,22,26). The lowest BCUT2D eigenvalue weighted by Gasteiger charge is -2.11. The number of carbonyl (C=O) groups excluding carboxylic acids is 1. The SMILES string of the molecule is Cc1ccc(C)c(NC(=O)c2ccc(=O)n(CCOc3ccccc3)n2)c1. The van der Waals surface area contributed by atoms with Gasteiger partial charge in [0.05, 0.1) is 6.54 Å². The summed E-state index contributed by atoms with van der Waals surface area (Å²) in [4.78, 5) is 24.5. The van der Waals surface area contributed by atoms with Crippen molar-refractivity contribution in [2.45, 2.75) is 20.4 Å². The summed E-state index contributed by atoms with van der Waals surface area (Å²) in [7, 11) is 0. The van der Waals surface area contributed by atoms with Crippen molar-refractivity contribution in [1.29, 1.82) is 0 Å². The van der Waals surface area contributed by atoms with E-state index in [0.29, 0.717) is 0 Å². The Hall–Kier alpha value is -3.41. The Kier molecular flexibility index (Phi) is 5.66. The van der Waals surface area contributed by atoms with Crippen LogP contribution in [-0.4, -0.2) is 22.3 Å². The average Bonchev–Trinajstić information content (AvgIpc) is 2.67. The van der Waals surface area contributed by atoms with Crippen LogP contribution in [0.5, 0.6) is 5.75 Å². The molecule has 138 valence electrons. The molecule has 0 unspecified atom stereocenters. The molecule has 3 rings (SSSR count). The van der Waals surface area contributed by atoms with Crippen molar-refractivity contribution in [3.63, 3.8) is 0 Å². The van der Waals surface area contributed by atoms with Crippen molar-refractivity contribution in [1.82, 2.24) is 9.78 Å². The van der Waals surface area contributed by atoms with Gasteiger partial charge in [-0.15, -0.1) is 0 Å². The maximum atomic E-state index is 12.5. The van der Waals surface area contributed by atoms with Gasteiger partial charge in [0, 0.05) is 11.8 Å². The fourth-order valence-corrected chi connectivity index (χ4v) is 2.55. The van der Waals surface area contributed by atoms with E-state index in [9.17, 15) is 9.59 Å². The first-order chi connectivity index (χ1) is 13.0. The normalized spacial score (nSPS) is 10.4. The van der Waals surface area contributed by atoms with Crippen LogP contribution >= 0.6 is 0 Å². The van der Waals surface area contributed by atoms with Gasteiger partial charge in [-0.3, -0.25) is 9.59 Å². The fourth-order valence-electron chi connectivity index (χ4n) is 2.55. The van der Waals surface area contributed by atoms with Gasteiger partial charge in [0.2, 0.25) is 0 Å². The average molecular weight is 363 g/mol. The highest BCUT2D eigenvalue weighted by Gasteiger charge is 2.11. The van der Waals surface area contributed by atoms with Gasteiger partial charge in [0.15, 0.2) is 0 Å². The summed E-state index contributed by atoms with van der Waals surface area (Å²) in [6, 6.07) is 17.9. The molecule has 3 aromatic rings. The lowest BCUT2D eigenvalue weighted by molar-refractivity contribution is 0.101. The molecule has 0 spiro atoms. The third kappa shape index (κ3) is 4.82. The molecule has 1 aromatic heterocycles. The minimum Gasteiger partial charge on any atom is -0.492 e. The molecule has 27 heavy (non-hydrogen) atoms. The highest BCUT2D eigenvalue weighted by atomic mass is 16.5. The molecule has 6 nitrogen and oxygen atoms in total. The molecular formula is C21H21N3O3. The Morgan fingerprint density at radius 1 is 1.07 bits per heavy atom. The van der Waals surface area contributed by atoms with Gasteiger partial charge in [0.1, 0.15) is 18.1 Å². The summed E-state index contributed by atoms with van der Waals surface area (Å²) in [5, 5.41) is 7.01. The van der Waals surface area contributed by atoms with Crippen molar-refractivity contribution in [3.8, 4) is 5.75 Å². The zero-order valence-corrected chi connectivity index (χ0v) is 15.3. The lowest BCUT2D eigenvalue weighted by atomic mass is 10.1. The van der Waals surface area contributed by atoms with E-state index >= 15 is 0 Å². The Morgan fingerprint density at radius 3 is 2.63 bits per heavy atom. The van der Waals surface area contributed by atoms with Crippen LogP contribution in [0, 0.1) is 13.8 Å². The second-order valence-corrected chi connectivity index (χ2v) is 6.21. The van der Waals surface area contributed by atoms with Gasteiger partial charge >= 0.3 is 0 Å². The molecule has 0 aliphatic carbocycles. The molecule has 0 aliphatic rings. The van der Waals surface area contributed by atoms with E-state index in [2.05, 4.69) is 10.4 Å². The molecule has 0 saturated carbocycles. The molecule has 2 aromatic carbocycles. The van der Waals surface area contributed by atoms with Crippen LogP contribution in [0.2, 0.25) is 0 Å². The predicted octanol–water partition coefficient (Wildman–Crippen LogP) is 3.19. The molecule has 1 amide bonds. The molecule has 6 heteroatoms. The molecule has 0 radical (unpaired) electrons. The Bertz CT molecular complexity index is 997. The number of carbonyl (C=O) groups is 1. The summed E-state index contributed by atoms with van der Waals surface area (Å²) in [6.07, 6.45) is 0. The van der Waals surface area contributed by atoms with Crippen LogP contribution < -0.4 is 15.6 Å². The second kappa shape index (κ2) is 8.31. The number of aryl methyl sites for hydroxylation is 2. The minimum atomic E-state index is -0.360. The largest absolute Gasteiger partial charge is 0.492 e. The highest BCUT2D eigenvalue weighted by Crippen LogP contribution is 2.17. The van der Waals surface area contributed by atoms with Crippen LogP contribution in [0.4, 0.5) is 5.69 Å². The number of para-hydroxylation sites is 1. The molecule has 0 saturated heterocycles. The van der Waals surface area contributed by atoms with E-state index < -0.39 is 0 Å².